The van der Waals surface area contributed by atoms with Gasteiger partial charge in [-0.3, -0.25) is 4.79 Å². The van der Waals surface area contributed by atoms with Gasteiger partial charge in [-0.25, -0.2) is 0 Å². The van der Waals surface area contributed by atoms with E-state index in [-0.39, 0.29) is 12.2 Å². The van der Waals surface area contributed by atoms with Crippen molar-refractivity contribution in [3.63, 3.8) is 0 Å². The summed E-state index contributed by atoms with van der Waals surface area (Å²) in [4.78, 5) is 11.1. The first-order valence-corrected chi connectivity index (χ1v) is 4.43. The zero-order chi connectivity index (χ0) is 7.84. The van der Waals surface area contributed by atoms with Crippen LogP contribution in [0.15, 0.2) is 0 Å². The van der Waals surface area contributed by atoms with Crippen LogP contribution >= 0.6 is 0 Å². The van der Waals surface area contributed by atoms with Crippen molar-refractivity contribution < 1.29 is 9.53 Å². The van der Waals surface area contributed by atoms with Crippen LogP contribution in [-0.2, 0) is 9.53 Å². The first-order valence-electron chi connectivity index (χ1n) is 4.43. The largest absolute Gasteiger partial charge is 0.374 e. The van der Waals surface area contributed by atoms with Crippen molar-refractivity contribution in [2.75, 3.05) is 0 Å². The van der Waals surface area contributed by atoms with E-state index >= 15 is 0 Å². The second-order valence-corrected chi connectivity index (χ2v) is 3.77. The Kier molecular flexibility index (Phi) is 1.72. The van der Waals surface area contributed by atoms with Gasteiger partial charge in [0.2, 0.25) is 0 Å². The van der Waals surface area contributed by atoms with Crippen molar-refractivity contribution in [3.8, 4) is 0 Å². The van der Waals surface area contributed by atoms with Gasteiger partial charge < -0.3 is 4.74 Å². The van der Waals surface area contributed by atoms with Crippen molar-refractivity contribution in [2.45, 2.75) is 44.8 Å². The van der Waals surface area contributed by atoms with E-state index in [1.54, 1.807) is 0 Å². The zero-order valence-electron chi connectivity index (χ0n) is 6.88. The highest BCUT2D eigenvalue weighted by Crippen LogP contribution is 2.38. The fourth-order valence-corrected chi connectivity index (χ4v) is 1.77. The second-order valence-electron chi connectivity index (χ2n) is 3.77. The predicted octanol–water partition coefficient (Wildman–Crippen LogP) is 1.53. The van der Waals surface area contributed by atoms with E-state index in [9.17, 15) is 4.79 Å². The molecule has 1 saturated heterocycles. The Morgan fingerprint density at radius 3 is 2.64 bits per heavy atom. The van der Waals surface area contributed by atoms with Gasteiger partial charge in [0, 0.05) is 12.8 Å². The molecule has 0 spiro atoms. The van der Waals surface area contributed by atoms with Crippen LogP contribution in [0.2, 0.25) is 0 Å². The molecule has 0 unspecified atom stereocenters. The molecule has 2 rings (SSSR count). The van der Waals surface area contributed by atoms with Gasteiger partial charge in [-0.15, -0.1) is 0 Å². The Morgan fingerprint density at radius 1 is 1.36 bits per heavy atom. The molecule has 2 aliphatic rings. The number of carbonyl (C=O) groups is 1. The summed E-state index contributed by atoms with van der Waals surface area (Å²) in [6, 6.07) is 0. The van der Waals surface area contributed by atoms with Crippen LogP contribution in [-0.4, -0.2) is 18.0 Å². The molecule has 0 radical (unpaired) electrons. The molecule has 2 heteroatoms. The molecule has 2 fully saturated rings. The maximum Gasteiger partial charge on any atom is 0.138 e. The van der Waals surface area contributed by atoms with Gasteiger partial charge in [0.25, 0.3) is 0 Å². The molecule has 62 valence electrons. The Balaban J connectivity index is 1.94. The minimum absolute atomic E-state index is 0.168. The van der Waals surface area contributed by atoms with Gasteiger partial charge in [0.05, 0.1) is 12.2 Å². The molecule has 0 N–H and O–H groups in total. The van der Waals surface area contributed by atoms with E-state index in [0.29, 0.717) is 24.5 Å². The molecular weight excluding hydrogens is 140 g/mol. The molecule has 0 amide bonds. The summed E-state index contributed by atoms with van der Waals surface area (Å²) in [5.74, 6) is 1.10. The van der Waals surface area contributed by atoms with Gasteiger partial charge in [-0.2, -0.15) is 0 Å². The minimum atomic E-state index is 0.168. The second kappa shape index (κ2) is 2.59. The minimum Gasteiger partial charge on any atom is -0.374 e. The van der Waals surface area contributed by atoms with Crippen LogP contribution in [0, 0.1) is 5.92 Å². The quantitative estimate of drug-likeness (QED) is 0.572. The summed E-state index contributed by atoms with van der Waals surface area (Å²) < 4.78 is 5.66. The summed E-state index contributed by atoms with van der Waals surface area (Å²) in [5, 5.41) is 0. The van der Waals surface area contributed by atoms with Crippen LogP contribution in [0.25, 0.3) is 0 Å². The molecule has 0 aromatic rings. The Morgan fingerprint density at radius 2 is 2.09 bits per heavy atom. The number of ketones is 1. The third kappa shape index (κ3) is 1.62. The molecule has 1 heterocycles. The van der Waals surface area contributed by atoms with Gasteiger partial charge in [-0.05, 0) is 25.7 Å². The molecule has 0 aromatic carbocycles. The third-order valence-corrected chi connectivity index (χ3v) is 2.50. The molecule has 0 bridgehead atoms. The standard InChI is InChI=1S/C9H14O2/c1-6-4-8(10)5-9(11-6)7-2-3-7/h6-7,9H,2-5H2,1H3/t6-,9+/m1/s1. The first kappa shape index (κ1) is 7.29. The molecule has 0 aromatic heterocycles. The average Bonchev–Trinajstić information content (AvgIpc) is 2.64. The van der Waals surface area contributed by atoms with Crippen LogP contribution in [0.3, 0.4) is 0 Å². The van der Waals surface area contributed by atoms with Crippen molar-refractivity contribution in [2.24, 2.45) is 5.92 Å². The van der Waals surface area contributed by atoms with Gasteiger partial charge in [0.1, 0.15) is 5.78 Å². The van der Waals surface area contributed by atoms with E-state index in [4.69, 9.17) is 4.74 Å². The first-order chi connectivity index (χ1) is 5.25. The van der Waals surface area contributed by atoms with Crippen LogP contribution in [0.1, 0.15) is 32.6 Å². The molecule has 11 heavy (non-hydrogen) atoms. The number of hydrogen-bond acceptors (Lipinski definition) is 2. The molecule has 2 atom stereocenters. The lowest BCUT2D eigenvalue weighted by Gasteiger charge is -2.26. The van der Waals surface area contributed by atoms with Crippen LogP contribution in [0.5, 0.6) is 0 Å². The maximum absolute atomic E-state index is 11.1. The summed E-state index contributed by atoms with van der Waals surface area (Å²) in [7, 11) is 0. The number of ether oxygens (including phenoxy) is 1. The highest BCUT2D eigenvalue weighted by molar-refractivity contribution is 5.80. The summed E-state index contributed by atoms with van der Waals surface area (Å²) in [6.45, 7) is 1.99. The fraction of sp³-hybridized carbons (Fsp3) is 0.889. The number of rotatable bonds is 1. The summed E-state index contributed by atoms with van der Waals surface area (Å²) >= 11 is 0. The number of carbonyl (C=O) groups excluding carboxylic acids is 1. The normalized spacial score (nSPS) is 39.2. The van der Waals surface area contributed by atoms with Gasteiger partial charge in [-0.1, -0.05) is 0 Å². The zero-order valence-corrected chi connectivity index (χ0v) is 6.88. The topological polar surface area (TPSA) is 26.3 Å². The lowest BCUT2D eigenvalue weighted by atomic mass is 10.0. The maximum atomic E-state index is 11.1. The molecule has 1 saturated carbocycles. The summed E-state index contributed by atoms with van der Waals surface area (Å²) in [6.07, 6.45) is 4.28. The van der Waals surface area contributed by atoms with Gasteiger partial charge in [0.15, 0.2) is 0 Å². The van der Waals surface area contributed by atoms with Crippen LogP contribution < -0.4 is 0 Å². The Labute approximate surface area is 66.9 Å². The van der Waals surface area contributed by atoms with E-state index in [2.05, 4.69) is 0 Å². The van der Waals surface area contributed by atoms with E-state index in [1.807, 2.05) is 6.92 Å². The average molecular weight is 154 g/mol. The highest BCUT2D eigenvalue weighted by atomic mass is 16.5. The lowest BCUT2D eigenvalue weighted by molar-refractivity contribution is -0.135. The van der Waals surface area contributed by atoms with Crippen LogP contribution in [0.4, 0.5) is 0 Å². The fourth-order valence-electron chi connectivity index (χ4n) is 1.77. The number of Topliss-reactive ketones (excluding diaryl/α,β-unsaturated/α-hetero) is 1. The van der Waals surface area contributed by atoms with Crippen molar-refractivity contribution in [1.29, 1.82) is 0 Å². The van der Waals surface area contributed by atoms with Gasteiger partial charge >= 0.3 is 0 Å². The SMILES string of the molecule is C[C@@H]1CC(=O)C[C@@H](C2CC2)O1. The Bertz CT molecular complexity index is 172. The predicted molar refractivity (Wildman–Crippen MR) is 41.3 cm³/mol. The van der Waals surface area contributed by atoms with E-state index < -0.39 is 0 Å². The monoisotopic (exact) mass is 154 g/mol. The lowest BCUT2D eigenvalue weighted by Crippen LogP contribution is -2.32. The van der Waals surface area contributed by atoms with Crippen molar-refractivity contribution >= 4 is 5.78 Å². The molecule has 2 nitrogen and oxygen atoms in total. The number of hydrogen-bond donors (Lipinski definition) is 0. The smallest absolute Gasteiger partial charge is 0.138 e. The van der Waals surface area contributed by atoms with Crippen molar-refractivity contribution in [3.05, 3.63) is 0 Å². The highest BCUT2D eigenvalue weighted by Gasteiger charge is 2.37. The Hall–Kier alpha value is -0.370. The van der Waals surface area contributed by atoms with Crippen molar-refractivity contribution in [1.82, 2.24) is 0 Å². The molecule has 1 aliphatic carbocycles. The van der Waals surface area contributed by atoms with E-state index in [1.165, 1.54) is 12.8 Å². The molecule has 1 aliphatic heterocycles. The summed E-state index contributed by atoms with van der Waals surface area (Å²) in [5.41, 5.74) is 0. The van der Waals surface area contributed by atoms with E-state index in [0.717, 1.165) is 0 Å². The third-order valence-electron chi connectivity index (χ3n) is 2.50. The molecular formula is C9H14O2.